The molecule has 0 bridgehead atoms. The molecule has 3 rings (SSSR count). The average Bonchev–Trinajstić information content (AvgIpc) is 3.05. The summed E-state index contributed by atoms with van der Waals surface area (Å²) in [7, 11) is 1.64. The van der Waals surface area contributed by atoms with Crippen LogP contribution in [0.1, 0.15) is 61.3 Å². The van der Waals surface area contributed by atoms with Crippen LogP contribution in [0.4, 0.5) is 0 Å². The third-order valence-corrected chi connectivity index (χ3v) is 5.35. The highest BCUT2D eigenvalue weighted by molar-refractivity contribution is 5.93. The maximum absolute atomic E-state index is 13.3. The topological polar surface area (TPSA) is 71.6 Å². The molecule has 6 nitrogen and oxygen atoms in total. The number of benzene rings is 1. The summed E-state index contributed by atoms with van der Waals surface area (Å²) in [5, 5.41) is 0. The Morgan fingerprint density at radius 3 is 2.70 bits per heavy atom. The SMILES string of the molecule is COCCCN(Cc1ccc2c(c1)C[C@@H](C)O2)C(=O)c1ccc(C(C)(C)C)[nH]c1=O. The molecule has 162 valence electrons. The summed E-state index contributed by atoms with van der Waals surface area (Å²) in [6.45, 7) is 9.62. The zero-order valence-corrected chi connectivity index (χ0v) is 18.6. The van der Waals surface area contributed by atoms with Gasteiger partial charge >= 0.3 is 0 Å². The summed E-state index contributed by atoms with van der Waals surface area (Å²) in [5.41, 5.74) is 2.63. The van der Waals surface area contributed by atoms with Gasteiger partial charge in [0.1, 0.15) is 17.4 Å². The van der Waals surface area contributed by atoms with E-state index in [2.05, 4.69) is 11.1 Å². The molecule has 2 aromatic rings. The molecule has 0 spiro atoms. The summed E-state index contributed by atoms with van der Waals surface area (Å²) in [5.74, 6) is 0.649. The van der Waals surface area contributed by atoms with Gasteiger partial charge in [0.15, 0.2) is 0 Å². The number of aromatic nitrogens is 1. The first-order chi connectivity index (χ1) is 14.2. The summed E-state index contributed by atoms with van der Waals surface area (Å²) in [6.07, 6.45) is 1.75. The Morgan fingerprint density at radius 1 is 1.27 bits per heavy atom. The second-order valence-electron chi connectivity index (χ2n) is 9.01. The number of H-pyrrole nitrogens is 1. The average molecular weight is 413 g/mol. The fourth-order valence-electron chi connectivity index (χ4n) is 3.70. The first kappa shape index (κ1) is 22.1. The van der Waals surface area contributed by atoms with E-state index in [1.165, 1.54) is 0 Å². The summed E-state index contributed by atoms with van der Waals surface area (Å²) >= 11 is 0. The van der Waals surface area contributed by atoms with Crippen molar-refractivity contribution in [2.24, 2.45) is 0 Å². The van der Waals surface area contributed by atoms with Gasteiger partial charge in [0, 0.05) is 44.3 Å². The van der Waals surface area contributed by atoms with Gasteiger partial charge in [0.05, 0.1) is 0 Å². The molecule has 0 aliphatic carbocycles. The van der Waals surface area contributed by atoms with E-state index in [4.69, 9.17) is 9.47 Å². The van der Waals surface area contributed by atoms with Gasteiger partial charge in [0.2, 0.25) is 0 Å². The highest BCUT2D eigenvalue weighted by Gasteiger charge is 2.23. The molecule has 2 heterocycles. The number of carbonyl (C=O) groups excluding carboxylic acids is 1. The van der Waals surface area contributed by atoms with E-state index in [9.17, 15) is 9.59 Å². The van der Waals surface area contributed by atoms with Crippen LogP contribution in [0.2, 0.25) is 0 Å². The minimum absolute atomic E-state index is 0.165. The Hall–Kier alpha value is -2.60. The molecular weight excluding hydrogens is 380 g/mol. The Morgan fingerprint density at radius 2 is 2.03 bits per heavy atom. The molecule has 0 saturated heterocycles. The van der Waals surface area contributed by atoms with Crippen LogP contribution < -0.4 is 10.3 Å². The van der Waals surface area contributed by atoms with Crippen LogP contribution >= 0.6 is 0 Å². The van der Waals surface area contributed by atoms with Crippen molar-refractivity contribution in [1.29, 1.82) is 0 Å². The normalized spacial score (nSPS) is 15.6. The molecule has 0 radical (unpaired) electrons. The van der Waals surface area contributed by atoms with Crippen LogP contribution in [0, 0.1) is 0 Å². The Labute approximate surface area is 178 Å². The van der Waals surface area contributed by atoms with Crippen molar-refractivity contribution in [3.8, 4) is 5.75 Å². The summed E-state index contributed by atoms with van der Waals surface area (Å²) < 4.78 is 10.9. The molecule has 30 heavy (non-hydrogen) atoms. The third kappa shape index (κ3) is 5.11. The Kier molecular flexibility index (Phi) is 6.66. The highest BCUT2D eigenvalue weighted by atomic mass is 16.5. The summed E-state index contributed by atoms with van der Waals surface area (Å²) in [4.78, 5) is 30.5. The fourth-order valence-corrected chi connectivity index (χ4v) is 3.70. The van der Waals surface area contributed by atoms with E-state index in [0.29, 0.717) is 26.1 Å². The van der Waals surface area contributed by atoms with E-state index in [0.717, 1.165) is 29.0 Å². The number of ether oxygens (including phenoxy) is 2. The molecule has 0 unspecified atom stereocenters. The van der Waals surface area contributed by atoms with E-state index < -0.39 is 0 Å². The number of carbonyl (C=O) groups is 1. The number of rotatable bonds is 7. The lowest BCUT2D eigenvalue weighted by Gasteiger charge is -2.24. The lowest BCUT2D eigenvalue weighted by molar-refractivity contribution is 0.0721. The van der Waals surface area contributed by atoms with Crippen molar-refractivity contribution >= 4 is 5.91 Å². The van der Waals surface area contributed by atoms with Gasteiger partial charge in [-0.3, -0.25) is 9.59 Å². The number of aromatic amines is 1. The molecule has 0 fully saturated rings. The molecule has 1 N–H and O–H groups in total. The largest absolute Gasteiger partial charge is 0.490 e. The quantitative estimate of drug-likeness (QED) is 0.705. The van der Waals surface area contributed by atoms with Crippen molar-refractivity contribution in [2.45, 2.75) is 58.6 Å². The molecule has 0 saturated carbocycles. The monoisotopic (exact) mass is 412 g/mol. The van der Waals surface area contributed by atoms with Crippen molar-refractivity contribution in [2.75, 3.05) is 20.3 Å². The highest BCUT2D eigenvalue weighted by Crippen LogP contribution is 2.30. The number of fused-ring (bicyclic) bond motifs is 1. The zero-order valence-electron chi connectivity index (χ0n) is 18.6. The van der Waals surface area contributed by atoms with Crippen molar-refractivity contribution in [1.82, 2.24) is 9.88 Å². The first-order valence-corrected chi connectivity index (χ1v) is 10.5. The van der Waals surface area contributed by atoms with Gasteiger partial charge in [-0.2, -0.15) is 0 Å². The van der Waals surface area contributed by atoms with Crippen LogP contribution in [0.25, 0.3) is 0 Å². The number of pyridine rings is 1. The molecule has 1 aromatic heterocycles. The minimum Gasteiger partial charge on any atom is -0.490 e. The Bertz CT molecular complexity index is 958. The van der Waals surface area contributed by atoms with Crippen molar-refractivity contribution in [3.05, 3.63) is 63.1 Å². The Balaban J connectivity index is 1.84. The third-order valence-electron chi connectivity index (χ3n) is 5.35. The number of nitrogens with one attached hydrogen (secondary N) is 1. The number of amides is 1. The van der Waals surface area contributed by atoms with E-state index in [1.54, 1.807) is 18.1 Å². The van der Waals surface area contributed by atoms with E-state index >= 15 is 0 Å². The molecule has 1 aliphatic rings. The molecule has 1 atom stereocenters. The van der Waals surface area contributed by atoms with Gasteiger partial charge in [-0.05, 0) is 42.7 Å². The molecule has 1 aromatic carbocycles. The smallest absolute Gasteiger partial charge is 0.261 e. The van der Waals surface area contributed by atoms with Gasteiger partial charge < -0.3 is 19.4 Å². The summed E-state index contributed by atoms with van der Waals surface area (Å²) in [6, 6.07) is 9.53. The van der Waals surface area contributed by atoms with Gasteiger partial charge in [-0.15, -0.1) is 0 Å². The minimum atomic E-state index is -0.347. The van der Waals surface area contributed by atoms with E-state index in [1.807, 2.05) is 45.9 Å². The first-order valence-electron chi connectivity index (χ1n) is 10.5. The van der Waals surface area contributed by atoms with Crippen LogP contribution in [0.3, 0.4) is 0 Å². The predicted molar refractivity (Wildman–Crippen MR) is 117 cm³/mol. The molecular formula is C24H32N2O4. The maximum Gasteiger partial charge on any atom is 0.261 e. The fraction of sp³-hybridized carbons (Fsp3) is 0.500. The number of methoxy groups -OCH3 is 1. The molecule has 6 heteroatoms. The van der Waals surface area contributed by atoms with Crippen LogP contribution in [0.5, 0.6) is 5.75 Å². The second kappa shape index (κ2) is 9.04. The number of hydrogen-bond acceptors (Lipinski definition) is 4. The predicted octanol–water partition coefficient (Wildman–Crippen LogP) is 3.67. The lowest BCUT2D eigenvalue weighted by Crippen LogP contribution is -2.36. The van der Waals surface area contributed by atoms with Crippen molar-refractivity contribution < 1.29 is 14.3 Å². The maximum atomic E-state index is 13.3. The molecule has 1 aliphatic heterocycles. The van der Waals surface area contributed by atoms with Gasteiger partial charge in [-0.1, -0.05) is 32.9 Å². The number of nitrogens with zero attached hydrogens (tertiary/aromatic N) is 1. The van der Waals surface area contributed by atoms with E-state index in [-0.39, 0.29) is 28.5 Å². The van der Waals surface area contributed by atoms with Crippen LogP contribution in [-0.4, -0.2) is 42.2 Å². The van der Waals surface area contributed by atoms with Gasteiger partial charge in [-0.25, -0.2) is 0 Å². The van der Waals surface area contributed by atoms with Crippen LogP contribution in [0.15, 0.2) is 35.1 Å². The van der Waals surface area contributed by atoms with Crippen LogP contribution in [-0.2, 0) is 23.1 Å². The zero-order chi connectivity index (χ0) is 21.9. The lowest BCUT2D eigenvalue weighted by atomic mass is 9.91. The second-order valence-corrected chi connectivity index (χ2v) is 9.01. The van der Waals surface area contributed by atoms with Crippen molar-refractivity contribution in [3.63, 3.8) is 0 Å². The molecule has 1 amide bonds. The van der Waals surface area contributed by atoms with Gasteiger partial charge in [0.25, 0.3) is 11.5 Å². The standard InChI is InChI=1S/C24H32N2O4/c1-16-13-18-14-17(7-9-20(18)30-16)15-26(11-6-12-29-5)23(28)19-8-10-21(24(2,3)4)25-22(19)27/h7-10,14,16H,6,11-13,15H2,1-5H3,(H,25,27)/t16-/m1/s1. The number of hydrogen-bond donors (Lipinski definition) is 1.